The summed E-state index contributed by atoms with van der Waals surface area (Å²) in [5, 5.41) is 3.63. The minimum absolute atomic E-state index is 0.750. The van der Waals surface area contributed by atoms with Crippen LogP contribution in [0.3, 0.4) is 0 Å². The summed E-state index contributed by atoms with van der Waals surface area (Å²) >= 11 is 0. The Morgan fingerprint density at radius 1 is 1.15 bits per heavy atom. The maximum atomic E-state index is 5.55. The monoisotopic (exact) mass is 275 g/mol. The van der Waals surface area contributed by atoms with Crippen LogP contribution in [0, 0.1) is 17.8 Å². The van der Waals surface area contributed by atoms with E-state index in [0.717, 1.165) is 56.0 Å². The van der Waals surface area contributed by atoms with Gasteiger partial charge in [0.1, 0.15) is 5.75 Å². The number of ether oxygens (including phenoxy) is 1. The normalized spacial score (nSPS) is 14.2. The number of benzene rings is 1. The molecule has 0 atom stereocenters. The molecule has 0 unspecified atom stereocenters. The molecular formula is C18H29NO. The van der Waals surface area contributed by atoms with E-state index in [0.29, 0.717) is 0 Å². The molecule has 1 aliphatic rings. The molecule has 1 aromatic rings. The fourth-order valence-electron chi connectivity index (χ4n) is 3.14. The molecule has 0 bridgehead atoms. The van der Waals surface area contributed by atoms with E-state index in [4.69, 9.17) is 4.74 Å². The first-order chi connectivity index (χ1) is 9.58. The van der Waals surface area contributed by atoms with Gasteiger partial charge in [-0.3, -0.25) is 0 Å². The molecule has 112 valence electrons. The first kappa shape index (κ1) is 15.4. The molecule has 1 N–H and O–H groups in total. The van der Waals surface area contributed by atoms with Crippen molar-refractivity contribution in [2.75, 3.05) is 19.7 Å². The van der Waals surface area contributed by atoms with Crippen molar-refractivity contribution in [1.82, 2.24) is 5.32 Å². The quantitative estimate of drug-likeness (QED) is 0.766. The Morgan fingerprint density at radius 3 is 2.60 bits per heavy atom. The second-order valence-corrected chi connectivity index (χ2v) is 6.65. The van der Waals surface area contributed by atoms with Crippen LogP contribution < -0.4 is 10.1 Å². The SMILES string of the molecule is CC(C)C(CNCCc1ccc2c(c1)CCO2)C(C)C. The Labute approximate surface area is 123 Å². The van der Waals surface area contributed by atoms with E-state index in [1.165, 1.54) is 11.1 Å². The van der Waals surface area contributed by atoms with Crippen molar-refractivity contribution in [1.29, 1.82) is 0 Å². The number of fused-ring (bicyclic) bond motifs is 1. The Bertz CT molecular complexity index is 417. The van der Waals surface area contributed by atoms with Gasteiger partial charge >= 0.3 is 0 Å². The zero-order chi connectivity index (χ0) is 14.5. The fourth-order valence-corrected chi connectivity index (χ4v) is 3.14. The Kier molecular flexibility index (Phi) is 5.47. The molecule has 0 saturated carbocycles. The highest BCUT2D eigenvalue weighted by Gasteiger charge is 2.16. The van der Waals surface area contributed by atoms with Crippen LogP contribution >= 0.6 is 0 Å². The standard InChI is InChI=1S/C18H29NO/c1-13(2)17(14(3)4)12-19-9-7-15-5-6-18-16(11-15)8-10-20-18/h5-6,11,13-14,17,19H,7-10,12H2,1-4H3. The van der Waals surface area contributed by atoms with Crippen LogP contribution in [0.5, 0.6) is 5.75 Å². The fraction of sp³-hybridized carbons (Fsp3) is 0.667. The molecule has 0 fully saturated rings. The smallest absolute Gasteiger partial charge is 0.122 e. The highest BCUT2D eigenvalue weighted by molar-refractivity contribution is 5.39. The Morgan fingerprint density at radius 2 is 1.90 bits per heavy atom. The van der Waals surface area contributed by atoms with E-state index in [1.54, 1.807) is 0 Å². The van der Waals surface area contributed by atoms with Crippen LogP contribution in [0.15, 0.2) is 18.2 Å². The zero-order valence-corrected chi connectivity index (χ0v) is 13.4. The highest BCUT2D eigenvalue weighted by Crippen LogP contribution is 2.26. The predicted molar refractivity (Wildman–Crippen MR) is 85.4 cm³/mol. The molecule has 1 heterocycles. The number of rotatable bonds is 7. The van der Waals surface area contributed by atoms with Gasteiger partial charge in [-0.05, 0) is 54.5 Å². The predicted octanol–water partition coefficient (Wildman–Crippen LogP) is 3.68. The summed E-state index contributed by atoms with van der Waals surface area (Å²) < 4.78 is 5.55. The first-order valence-electron chi connectivity index (χ1n) is 8.03. The molecule has 0 radical (unpaired) electrons. The van der Waals surface area contributed by atoms with Crippen LogP contribution in [0.2, 0.25) is 0 Å². The first-order valence-corrected chi connectivity index (χ1v) is 8.03. The lowest BCUT2D eigenvalue weighted by Gasteiger charge is -2.25. The third kappa shape index (κ3) is 3.99. The van der Waals surface area contributed by atoms with Crippen molar-refractivity contribution < 1.29 is 4.74 Å². The minimum Gasteiger partial charge on any atom is -0.493 e. The van der Waals surface area contributed by atoms with Gasteiger partial charge in [-0.25, -0.2) is 0 Å². The van der Waals surface area contributed by atoms with Gasteiger partial charge in [0.15, 0.2) is 0 Å². The summed E-state index contributed by atoms with van der Waals surface area (Å²) in [7, 11) is 0. The molecule has 1 aliphatic heterocycles. The Hall–Kier alpha value is -1.02. The van der Waals surface area contributed by atoms with E-state index < -0.39 is 0 Å². The Balaban J connectivity index is 1.76. The topological polar surface area (TPSA) is 21.3 Å². The van der Waals surface area contributed by atoms with Gasteiger partial charge in [0, 0.05) is 6.42 Å². The lowest BCUT2D eigenvalue weighted by molar-refractivity contribution is 0.277. The molecule has 0 saturated heterocycles. The van der Waals surface area contributed by atoms with E-state index in [1.807, 2.05) is 0 Å². The third-order valence-electron chi connectivity index (χ3n) is 4.44. The minimum atomic E-state index is 0.750. The number of nitrogens with one attached hydrogen (secondary N) is 1. The van der Waals surface area contributed by atoms with Crippen LogP contribution in [-0.2, 0) is 12.8 Å². The number of hydrogen-bond acceptors (Lipinski definition) is 2. The largest absolute Gasteiger partial charge is 0.493 e. The second-order valence-electron chi connectivity index (χ2n) is 6.65. The zero-order valence-electron chi connectivity index (χ0n) is 13.4. The molecule has 2 heteroatoms. The third-order valence-corrected chi connectivity index (χ3v) is 4.44. The highest BCUT2D eigenvalue weighted by atomic mass is 16.5. The molecule has 0 spiro atoms. The van der Waals surface area contributed by atoms with Gasteiger partial charge < -0.3 is 10.1 Å². The summed E-state index contributed by atoms with van der Waals surface area (Å²) in [6.45, 7) is 12.3. The van der Waals surface area contributed by atoms with Gasteiger partial charge in [-0.15, -0.1) is 0 Å². The van der Waals surface area contributed by atoms with E-state index in [-0.39, 0.29) is 0 Å². The van der Waals surface area contributed by atoms with Crippen molar-refractivity contribution >= 4 is 0 Å². The lowest BCUT2D eigenvalue weighted by Crippen LogP contribution is -2.31. The van der Waals surface area contributed by atoms with Gasteiger partial charge in [-0.1, -0.05) is 39.8 Å². The number of hydrogen-bond donors (Lipinski definition) is 1. The molecule has 0 amide bonds. The van der Waals surface area contributed by atoms with E-state index in [2.05, 4.69) is 51.2 Å². The van der Waals surface area contributed by atoms with Gasteiger partial charge in [0.25, 0.3) is 0 Å². The molecule has 2 rings (SSSR count). The van der Waals surface area contributed by atoms with E-state index >= 15 is 0 Å². The molecule has 0 aliphatic carbocycles. The maximum Gasteiger partial charge on any atom is 0.122 e. The van der Waals surface area contributed by atoms with Crippen molar-refractivity contribution in [3.63, 3.8) is 0 Å². The molecule has 1 aromatic carbocycles. The van der Waals surface area contributed by atoms with Gasteiger partial charge in [0.2, 0.25) is 0 Å². The average Bonchev–Trinajstić information content (AvgIpc) is 2.84. The average molecular weight is 275 g/mol. The van der Waals surface area contributed by atoms with Crippen LogP contribution in [-0.4, -0.2) is 19.7 Å². The lowest BCUT2D eigenvalue weighted by atomic mass is 9.85. The molecule has 20 heavy (non-hydrogen) atoms. The van der Waals surface area contributed by atoms with Crippen molar-refractivity contribution in [2.24, 2.45) is 17.8 Å². The maximum absolute atomic E-state index is 5.55. The van der Waals surface area contributed by atoms with Crippen molar-refractivity contribution in [3.05, 3.63) is 29.3 Å². The summed E-state index contributed by atoms with van der Waals surface area (Å²) in [5.41, 5.74) is 2.80. The summed E-state index contributed by atoms with van der Waals surface area (Å²) in [6, 6.07) is 6.64. The molecule has 2 nitrogen and oxygen atoms in total. The van der Waals surface area contributed by atoms with Crippen LogP contribution in [0.1, 0.15) is 38.8 Å². The van der Waals surface area contributed by atoms with E-state index in [9.17, 15) is 0 Å². The van der Waals surface area contributed by atoms with Crippen LogP contribution in [0.4, 0.5) is 0 Å². The summed E-state index contributed by atoms with van der Waals surface area (Å²) in [4.78, 5) is 0. The van der Waals surface area contributed by atoms with Crippen molar-refractivity contribution in [3.8, 4) is 5.75 Å². The van der Waals surface area contributed by atoms with Crippen LogP contribution in [0.25, 0.3) is 0 Å². The van der Waals surface area contributed by atoms with Gasteiger partial charge in [-0.2, -0.15) is 0 Å². The van der Waals surface area contributed by atoms with Gasteiger partial charge in [0.05, 0.1) is 6.61 Å². The molecule has 0 aromatic heterocycles. The summed E-state index contributed by atoms with van der Waals surface area (Å²) in [5.74, 6) is 3.35. The second kappa shape index (κ2) is 7.12. The summed E-state index contributed by atoms with van der Waals surface area (Å²) in [6.07, 6.45) is 2.18. The van der Waals surface area contributed by atoms with Crippen molar-refractivity contribution in [2.45, 2.75) is 40.5 Å². The molecular weight excluding hydrogens is 246 g/mol.